The molecular weight excluding hydrogens is 228 g/mol. The van der Waals surface area contributed by atoms with E-state index < -0.39 is 0 Å². The van der Waals surface area contributed by atoms with Gasteiger partial charge in [0.1, 0.15) is 5.76 Å². The van der Waals surface area contributed by atoms with Gasteiger partial charge in [-0.15, -0.1) is 0 Å². The second kappa shape index (κ2) is 4.41. The van der Waals surface area contributed by atoms with Crippen LogP contribution in [0.25, 0.3) is 0 Å². The molecule has 1 aromatic rings. The van der Waals surface area contributed by atoms with Crippen LogP contribution in [0.15, 0.2) is 10.6 Å². The van der Waals surface area contributed by atoms with Gasteiger partial charge in [-0.25, -0.2) is 0 Å². The lowest BCUT2D eigenvalue weighted by Gasteiger charge is -2.28. The summed E-state index contributed by atoms with van der Waals surface area (Å²) in [5.41, 5.74) is 0.391. The number of aromatic nitrogens is 1. The average Bonchev–Trinajstić information content (AvgIpc) is 3.03. The van der Waals surface area contributed by atoms with Crippen LogP contribution in [-0.4, -0.2) is 17.1 Å². The zero-order valence-corrected chi connectivity index (χ0v) is 11.0. The van der Waals surface area contributed by atoms with E-state index in [1.807, 2.05) is 0 Å². The molecule has 4 nitrogen and oxygen atoms in total. The predicted molar refractivity (Wildman–Crippen MR) is 67.1 cm³/mol. The van der Waals surface area contributed by atoms with Crippen molar-refractivity contribution >= 4 is 5.91 Å². The van der Waals surface area contributed by atoms with Gasteiger partial charge < -0.3 is 9.84 Å². The Morgan fingerprint density at radius 1 is 1.50 bits per heavy atom. The van der Waals surface area contributed by atoms with E-state index in [4.69, 9.17) is 4.52 Å². The van der Waals surface area contributed by atoms with Crippen LogP contribution in [-0.2, 0) is 0 Å². The molecule has 2 aliphatic rings. The monoisotopic (exact) mass is 248 g/mol. The second-order valence-electron chi connectivity index (χ2n) is 5.92. The van der Waals surface area contributed by atoms with Gasteiger partial charge in [-0.3, -0.25) is 4.79 Å². The fraction of sp³-hybridized carbons (Fsp3) is 0.714. The van der Waals surface area contributed by atoms with Crippen LogP contribution in [0.5, 0.6) is 0 Å². The molecule has 98 valence electrons. The van der Waals surface area contributed by atoms with Gasteiger partial charge in [0.15, 0.2) is 5.69 Å². The number of hydrogen-bond acceptors (Lipinski definition) is 3. The molecule has 4 atom stereocenters. The topological polar surface area (TPSA) is 55.1 Å². The highest BCUT2D eigenvalue weighted by molar-refractivity contribution is 5.92. The molecule has 1 aromatic heterocycles. The molecule has 0 radical (unpaired) electrons. The normalized spacial score (nSPS) is 31.6. The summed E-state index contributed by atoms with van der Waals surface area (Å²) in [4.78, 5) is 12.0. The van der Waals surface area contributed by atoms with Gasteiger partial charge in [-0.1, -0.05) is 11.6 Å². The number of nitrogens with one attached hydrogen (secondary N) is 1. The molecule has 2 bridgehead atoms. The molecule has 0 spiro atoms. The van der Waals surface area contributed by atoms with Crippen molar-refractivity contribution in [2.24, 2.45) is 17.8 Å². The van der Waals surface area contributed by atoms with Crippen molar-refractivity contribution < 1.29 is 9.32 Å². The largest absolute Gasteiger partial charge is 0.361 e. The number of carbonyl (C=O) groups excluding carboxylic acids is 1. The third kappa shape index (κ3) is 2.04. The van der Waals surface area contributed by atoms with E-state index in [-0.39, 0.29) is 11.9 Å². The van der Waals surface area contributed by atoms with Crippen molar-refractivity contribution in [1.29, 1.82) is 0 Å². The van der Waals surface area contributed by atoms with Gasteiger partial charge >= 0.3 is 0 Å². The van der Waals surface area contributed by atoms with Crippen LogP contribution >= 0.6 is 0 Å². The van der Waals surface area contributed by atoms with Crippen LogP contribution < -0.4 is 5.32 Å². The Hall–Kier alpha value is -1.32. The highest BCUT2D eigenvalue weighted by Gasteiger charge is 2.42. The van der Waals surface area contributed by atoms with Crippen molar-refractivity contribution in [3.63, 3.8) is 0 Å². The molecule has 4 heteroatoms. The molecular formula is C14H20N2O2. The van der Waals surface area contributed by atoms with Gasteiger partial charge in [0.05, 0.1) is 0 Å². The van der Waals surface area contributed by atoms with Gasteiger partial charge in [0.2, 0.25) is 0 Å². The molecule has 0 aliphatic heterocycles. The number of hydrogen-bond donors (Lipinski definition) is 1. The van der Waals surface area contributed by atoms with E-state index in [2.05, 4.69) is 17.4 Å². The first-order valence-corrected chi connectivity index (χ1v) is 6.87. The second-order valence-corrected chi connectivity index (χ2v) is 5.92. The van der Waals surface area contributed by atoms with Crippen molar-refractivity contribution in [1.82, 2.24) is 10.5 Å². The summed E-state index contributed by atoms with van der Waals surface area (Å²) in [6.45, 7) is 3.92. The first kappa shape index (κ1) is 11.8. The Balaban J connectivity index is 1.61. The molecule has 2 fully saturated rings. The zero-order chi connectivity index (χ0) is 12.7. The molecule has 18 heavy (non-hydrogen) atoms. The third-order valence-corrected chi connectivity index (χ3v) is 4.65. The van der Waals surface area contributed by atoms with Crippen LogP contribution in [0.1, 0.15) is 48.9 Å². The van der Waals surface area contributed by atoms with Gasteiger partial charge in [-0.05, 0) is 50.9 Å². The summed E-state index contributed by atoms with van der Waals surface area (Å²) in [5.74, 6) is 2.95. The van der Waals surface area contributed by atoms with Crippen molar-refractivity contribution in [3.05, 3.63) is 17.5 Å². The Morgan fingerprint density at radius 3 is 2.89 bits per heavy atom. The number of carbonyl (C=O) groups is 1. The van der Waals surface area contributed by atoms with Crippen LogP contribution in [0, 0.1) is 24.7 Å². The maximum Gasteiger partial charge on any atom is 0.273 e. The number of amides is 1. The van der Waals surface area contributed by atoms with E-state index in [9.17, 15) is 4.79 Å². The Kier molecular flexibility index (Phi) is 2.88. The summed E-state index contributed by atoms with van der Waals surface area (Å²) in [6, 6.07) is 1.92. The fourth-order valence-electron chi connectivity index (χ4n) is 3.77. The van der Waals surface area contributed by atoms with Gasteiger partial charge in [0.25, 0.3) is 5.91 Å². The Morgan fingerprint density at radius 2 is 2.33 bits per heavy atom. The maximum absolute atomic E-state index is 12.0. The van der Waals surface area contributed by atoms with Crippen molar-refractivity contribution in [2.75, 3.05) is 0 Å². The molecule has 0 unspecified atom stereocenters. The van der Waals surface area contributed by atoms with Gasteiger partial charge in [0, 0.05) is 12.1 Å². The maximum atomic E-state index is 12.0. The average molecular weight is 248 g/mol. The smallest absolute Gasteiger partial charge is 0.273 e. The van der Waals surface area contributed by atoms with Crippen LogP contribution in [0.3, 0.4) is 0 Å². The molecule has 2 saturated carbocycles. The third-order valence-electron chi connectivity index (χ3n) is 4.65. The molecule has 1 amide bonds. The van der Waals surface area contributed by atoms with E-state index in [1.54, 1.807) is 13.0 Å². The molecule has 1 heterocycles. The number of rotatable bonds is 3. The SMILES string of the molecule is Cc1cc(C(=O)N[C@H](C)[C@H]2C[C@H]3CC[C@H]2C3)no1. The zero-order valence-electron chi connectivity index (χ0n) is 11.0. The van der Waals surface area contributed by atoms with Crippen LogP contribution in [0.4, 0.5) is 0 Å². The van der Waals surface area contributed by atoms with E-state index >= 15 is 0 Å². The molecule has 0 saturated heterocycles. The molecule has 2 aliphatic carbocycles. The first-order chi connectivity index (χ1) is 8.63. The number of nitrogens with zero attached hydrogens (tertiary/aromatic N) is 1. The highest BCUT2D eigenvalue weighted by atomic mass is 16.5. The first-order valence-electron chi connectivity index (χ1n) is 6.87. The molecule has 3 rings (SSSR count). The van der Waals surface area contributed by atoms with Crippen LogP contribution in [0.2, 0.25) is 0 Å². The minimum atomic E-state index is -0.109. The summed E-state index contributed by atoms with van der Waals surface area (Å²) in [6.07, 6.45) is 5.39. The van der Waals surface area contributed by atoms with Gasteiger partial charge in [-0.2, -0.15) is 0 Å². The summed E-state index contributed by atoms with van der Waals surface area (Å²) in [5, 5.41) is 6.83. The predicted octanol–water partition coefficient (Wildman–Crippen LogP) is 2.54. The minimum Gasteiger partial charge on any atom is -0.361 e. The minimum absolute atomic E-state index is 0.109. The standard InChI is InChI=1S/C14H20N2O2/c1-8-5-13(16-18-8)14(17)15-9(2)12-7-10-3-4-11(12)6-10/h5,9-12H,3-4,6-7H2,1-2H3,(H,15,17)/t9-,10+,11+,12-/m1/s1. The lowest BCUT2D eigenvalue weighted by atomic mass is 9.84. The van der Waals surface area contributed by atoms with E-state index in [1.165, 1.54) is 25.7 Å². The lowest BCUT2D eigenvalue weighted by Crippen LogP contribution is -2.40. The summed E-state index contributed by atoms with van der Waals surface area (Å²) >= 11 is 0. The highest BCUT2D eigenvalue weighted by Crippen LogP contribution is 2.49. The van der Waals surface area contributed by atoms with E-state index in [0.717, 1.165) is 11.8 Å². The Labute approximate surface area is 107 Å². The number of fused-ring (bicyclic) bond motifs is 2. The number of aryl methyl sites for hydroxylation is 1. The molecule has 0 aromatic carbocycles. The van der Waals surface area contributed by atoms with E-state index in [0.29, 0.717) is 17.4 Å². The van der Waals surface area contributed by atoms with Crippen molar-refractivity contribution in [3.8, 4) is 0 Å². The fourth-order valence-corrected chi connectivity index (χ4v) is 3.77. The quantitative estimate of drug-likeness (QED) is 0.894. The lowest BCUT2D eigenvalue weighted by molar-refractivity contribution is 0.0906. The Bertz CT molecular complexity index is 454. The van der Waals surface area contributed by atoms with Crippen molar-refractivity contribution in [2.45, 2.75) is 45.6 Å². The summed E-state index contributed by atoms with van der Waals surface area (Å²) < 4.78 is 4.93. The molecule has 1 N–H and O–H groups in total. The summed E-state index contributed by atoms with van der Waals surface area (Å²) in [7, 11) is 0.